The van der Waals surface area contributed by atoms with E-state index in [1.165, 1.54) is 0 Å². The van der Waals surface area contributed by atoms with Gasteiger partial charge >= 0.3 is 0 Å². The van der Waals surface area contributed by atoms with Gasteiger partial charge in [0, 0.05) is 35.1 Å². The predicted octanol–water partition coefficient (Wildman–Crippen LogP) is 3.56. The number of hydrogen-bond acceptors (Lipinski definition) is 3. The summed E-state index contributed by atoms with van der Waals surface area (Å²) in [7, 11) is 0. The van der Waals surface area contributed by atoms with Crippen LogP contribution >= 0.6 is 11.6 Å². The van der Waals surface area contributed by atoms with Crippen LogP contribution in [0.5, 0.6) is 0 Å². The molecule has 25 heavy (non-hydrogen) atoms. The van der Waals surface area contributed by atoms with Gasteiger partial charge in [0.2, 0.25) is 0 Å². The number of hydrogen-bond donors (Lipinski definition) is 2. The molecule has 1 amide bonds. The summed E-state index contributed by atoms with van der Waals surface area (Å²) in [5, 5.41) is 11.5. The highest BCUT2D eigenvalue weighted by atomic mass is 35.5. The van der Waals surface area contributed by atoms with Crippen LogP contribution in [-0.2, 0) is 0 Å². The van der Waals surface area contributed by atoms with Crippen LogP contribution < -0.4 is 10.6 Å². The molecule has 0 spiro atoms. The number of nitrogens with one attached hydrogen (secondary N) is 2. The van der Waals surface area contributed by atoms with Crippen LogP contribution in [-0.4, -0.2) is 32.8 Å². The molecule has 1 aliphatic heterocycles. The first-order valence-electron chi connectivity index (χ1n) is 8.55. The molecule has 0 atom stereocenters. The summed E-state index contributed by atoms with van der Waals surface area (Å²) in [6.07, 6.45) is 5.29. The molecule has 1 saturated heterocycles. The lowest BCUT2D eigenvalue weighted by atomic mass is 9.79. The Labute approximate surface area is 153 Å². The van der Waals surface area contributed by atoms with E-state index in [4.69, 9.17) is 11.6 Å². The van der Waals surface area contributed by atoms with Crippen molar-refractivity contribution in [3.8, 4) is 5.69 Å². The molecule has 1 aliphatic rings. The van der Waals surface area contributed by atoms with Crippen molar-refractivity contribution in [2.45, 2.75) is 57.7 Å². The highest BCUT2D eigenvalue weighted by Crippen LogP contribution is 2.29. The second-order valence-electron chi connectivity index (χ2n) is 8.09. The first-order chi connectivity index (χ1) is 11.7. The summed E-state index contributed by atoms with van der Waals surface area (Å²) in [5.74, 6) is -0.0904. The molecule has 1 aromatic carbocycles. The topological polar surface area (TPSA) is 59.0 Å². The Kier molecular flexibility index (Phi) is 4.64. The molecule has 0 saturated carbocycles. The van der Waals surface area contributed by atoms with Crippen LogP contribution in [0.15, 0.2) is 36.7 Å². The van der Waals surface area contributed by atoms with Crippen molar-refractivity contribution in [3.05, 3.63) is 47.2 Å². The maximum Gasteiger partial charge on any atom is 0.251 e. The first-order valence-corrected chi connectivity index (χ1v) is 8.93. The summed E-state index contributed by atoms with van der Waals surface area (Å²) in [6.45, 7) is 8.68. The fraction of sp³-hybridized carbons (Fsp3) is 0.474. The van der Waals surface area contributed by atoms with E-state index < -0.39 is 0 Å². The van der Waals surface area contributed by atoms with Crippen molar-refractivity contribution in [3.63, 3.8) is 0 Å². The molecule has 2 N–H and O–H groups in total. The Morgan fingerprint density at radius 3 is 2.52 bits per heavy atom. The van der Waals surface area contributed by atoms with Crippen LogP contribution in [0.3, 0.4) is 0 Å². The van der Waals surface area contributed by atoms with E-state index in [0.29, 0.717) is 10.6 Å². The van der Waals surface area contributed by atoms with Gasteiger partial charge in [0.05, 0.1) is 10.7 Å². The van der Waals surface area contributed by atoms with Gasteiger partial charge in [-0.2, -0.15) is 5.10 Å². The number of amides is 1. The lowest BCUT2D eigenvalue weighted by molar-refractivity contribution is 0.0873. The van der Waals surface area contributed by atoms with Gasteiger partial charge in [-0.1, -0.05) is 11.6 Å². The van der Waals surface area contributed by atoms with Gasteiger partial charge in [-0.25, -0.2) is 4.68 Å². The van der Waals surface area contributed by atoms with Gasteiger partial charge in [0.1, 0.15) is 0 Å². The fourth-order valence-corrected chi connectivity index (χ4v) is 4.21. The van der Waals surface area contributed by atoms with E-state index in [1.807, 2.05) is 18.3 Å². The molecule has 0 radical (unpaired) electrons. The van der Waals surface area contributed by atoms with Gasteiger partial charge in [0.25, 0.3) is 5.91 Å². The highest BCUT2D eigenvalue weighted by Gasteiger charge is 2.38. The maximum atomic E-state index is 12.7. The molecule has 2 heterocycles. The molecule has 6 heteroatoms. The normalized spacial score (nSPS) is 19.6. The van der Waals surface area contributed by atoms with Gasteiger partial charge in [0.15, 0.2) is 0 Å². The predicted molar refractivity (Wildman–Crippen MR) is 100 cm³/mol. The zero-order valence-electron chi connectivity index (χ0n) is 15.1. The first kappa shape index (κ1) is 18.0. The highest BCUT2D eigenvalue weighted by molar-refractivity contribution is 6.32. The average molecular weight is 361 g/mol. The van der Waals surface area contributed by atoms with Gasteiger partial charge in [-0.15, -0.1) is 0 Å². The van der Waals surface area contributed by atoms with Crippen LogP contribution in [0.2, 0.25) is 5.02 Å². The van der Waals surface area contributed by atoms with Crippen LogP contribution in [0.1, 0.15) is 50.9 Å². The van der Waals surface area contributed by atoms with E-state index in [-0.39, 0.29) is 23.0 Å². The molecular weight excluding hydrogens is 336 g/mol. The molecule has 2 aromatic rings. The molecule has 1 fully saturated rings. The Morgan fingerprint density at radius 2 is 1.96 bits per heavy atom. The van der Waals surface area contributed by atoms with E-state index in [0.717, 1.165) is 18.5 Å². The molecule has 0 bridgehead atoms. The summed E-state index contributed by atoms with van der Waals surface area (Å²) >= 11 is 6.35. The maximum absolute atomic E-state index is 12.7. The van der Waals surface area contributed by atoms with Crippen LogP contribution in [0.4, 0.5) is 0 Å². The van der Waals surface area contributed by atoms with Crippen molar-refractivity contribution < 1.29 is 4.79 Å². The van der Waals surface area contributed by atoms with Crippen molar-refractivity contribution in [1.82, 2.24) is 20.4 Å². The SMILES string of the molecule is CC1(C)CC(NC(=O)c2ccc(-n3cccn3)c(Cl)c2)CC(C)(C)N1. The van der Waals surface area contributed by atoms with E-state index >= 15 is 0 Å². The minimum absolute atomic E-state index is 0.0126. The number of piperidine rings is 1. The smallest absolute Gasteiger partial charge is 0.251 e. The third-order valence-electron chi connectivity index (χ3n) is 4.49. The summed E-state index contributed by atoms with van der Waals surface area (Å²) in [5.41, 5.74) is 1.30. The molecule has 0 aliphatic carbocycles. The fourth-order valence-electron chi connectivity index (χ4n) is 3.94. The molecule has 3 rings (SSSR count). The van der Waals surface area contributed by atoms with Gasteiger partial charge in [-0.05, 0) is 64.8 Å². The Hall–Kier alpha value is -1.85. The number of benzene rings is 1. The zero-order valence-corrected chi connectivity index (χ0v) is 15.9. The Morgan fingerprint density at radius 1 is 1.28 bits per heavy atom. The number of nitrogens with zero attached hydrogens (tertiary/aromatic N) is 2. The van der Waals surface area contributed by atoms with Crippen molar-refractivity contribution >= 4 is 17.5 Å². The molecular formula is C19H25ClN4O. The van der Waals surface area contributed by atoms with Crippen molar-refractivity contribution in [1.29, 1.82) is 0 Å². The minimum atomic E-state index is -0.0904. The quantitative estimate of drug-likeness (QED) is 0.879. The van der Waals surface area contributed by atoms with Crippen molar-refractivity contribution in [2.75, 3.05) is 0 Å². The number of carbonyl (C=O) groups is 1. The van der Waals surface area contributed by atoms with E-state index in [2.05, 4.69) is 43.4 Å². The second kappa shape index (κ2) is 6.46. The molecule has 1 aromatic heterocycles. The van der Waals surface area contributed by atoms with Crippen LogP contribution in [0.25, 0.3) is 5.69 Å². The number of aromatic nitrogens is 2. The Bertz CT molecular complexity index is 752. The lowest BCUT2D eigenvalue weighted by Gasteiger charge is -2.46. The lowest BCUT2D eigenvalue weighted by Crippen LogP contribution is -2.62. The van der Waals surface area contributed by atoms with Crippen LogP contribution in [0, 0.1) is 0 Å². The Balaban J connectivity index is 1.74. The van der Waals surface area contributed by atoms with Gasteiger partial charge < -0.3 is 10.6 Å². The minimum Gasteiger partial charge on any atom is -0.349 e. The molecule has 5 nitrogen and oxygen atoms in total. The molecule has 0 unspecified atom stereocenters. The monoisotopic (exact) mass is 360 g/mol. The standard InChI is InChI=1S/C19H25ClN4O/c1-18(2)11-14(12-19(3,4)23-18)22-17(25)13-6-7-16(15(20)10-13)24-9-5-8-21-24/h5-10,14,23H,11-12H2,1-4H3,(H,22,25). The third kappa shape index (κ3) is 4.22. The zero-order chi connectivity index (χ0) is 18.2. The van der Waals surface area contributed by atoms with Gasteiger partial charge in [-0.3, -0.25) is 4.79 Å². The summed E-state index contributed by atoms with van der Waals surface area (Å²) in [4.78, 5) is 12.7. The molecule has 134 valence electrons. The summed E-state index contributed by atoms with van der Waals surface area (Å²) in [6, 6.07) is 7.27. The number of halogens is 1. The van der Waals surface area contributed by atoms with Crippen molar-refractivity contribution in [2.24, 2.45) is 0 Å². The van der Waals surface area contributed by atoms with E-state index in [1.54, 1.807) is 23.0 Å². The average Bonchev–Trinajstić information content (AvgIpc) is 2.97. The second-order valence-corrected chi connectivity index (χ2v) is 8.50. The van der Waals surface area contributed by atoms with E-state index in [9.17, 15) is 4.79 Å². The number of rotatable bonds is 3. The third-order valence-corrected chi connectivity index (χ3v) is 4.79. The summed E-state index contributed by atoms with van der Waals surface area (Å²) < 4.78 is 1.68. The largest absolute Gasteiger partial charge is 0.349 e. The number of carbonyl (C=O) groups excluding carboxylic acids is 1.